The fourth-order valence-electron chi connectivity index (χ4n) is 7.99. The molecule has 0 amide bonds. The van der Waals surface area contributed by atoms with Gasteiger partial charge in [-0.05, 0) is 114 Å². The van der Waals surface area contributed by atoms with Crippen LogP contribution in [0, 0.1) is 0 Å². The summed E-state index contributed by atoms with van der Waals surface area (Å²) in [6.07, 6.45) is 11.4. The smallest absolute Gasteiger partial charge is 0.00297 e. The first-order chi connectivity index (χ1) is 26.8. The van der Waals surface area contributed by atoms with Crippen molar-refractivity contribution in [3.8, 4) is 22.3 Å². The SMILES string of the molecule is C1=Cc2c(c(-c3ccc(C=C(c4ccccc4)c4ccccc4)cc3)c3ccccc3c2-c2ccc(C=C(c3ccccc3)c3ccccc3)cc2)CC1. The molecule has 0 unspecified atom stereocenters. The Balaban J connectivity index is 1.12. The Bertz CT molecular complexity index is 2540. The van der Waals surface area contributed by atoms with E-state index in [0.29, 0.717) is 0 Å². The Morgan fingerprint density at radius 2 is 0.741 bits per heavy atom. The predicted molar refractivity (Wildman–Crippen MR) is 232 cm³/mol. The highest BCUT2D eigenvalue weighted by Crippen LogP contribution is 2.45. The van der Waals surface area contributed by atoms with E-state index in [1.165, 1.54) is 88.7 Å². The highest BCUT2D eigenvalue weighted by Gasteiger charge is 2.21. The molecule has 256 valence electrons. The van der Waals surface area contributed by atoms with Crippen molar-refractivity contribution in [1.29, 1.82) is 0 Å². The van der Waals surface area contributed by atoms with Crippen LogP contribution in [0.25, 0.3) is 62.4 Å². The molecular formula is C54H40. The summed E-state index contributed by atoms with van der Waals surface area (Å²) < 4.78 is 0. The van der Waals surface area contributed by atoms with Crippen molar-refractivity contribution in [3.05, 3.63) is 245 Å². The van der Waals surface area contributed by atoms with Crippen LogP contribution < -0.4 is 0 Å². The highest BCUT2D eigenvalue weighted by atomic mass is 14.2. The maximum atomic E-state index is 2.37. The van der Waals surface area contributed by atoms with Crippen molar-refractivity contribution < 1.29 is 0 Å². The molecule has 0 heteroatoms. The fraction of sp³-hybridized carbons (Fsp3) is 0.0370. The number of fused-ring (bicyclic) bond motifs is 2. The summed E-state index contributed by atoms with van der Waals surface area (Å²) in [4.78, 5) is 0. The van der Waals surface area contributed by atoms with Crippen LogP contribution in [0.5, 0.6) is 0 Å². The molecule has 0 nitrogen and oxygen atoms in total. The summed E-state index contributed by atoms with van der Waals surface area (Å²) in [6.45, 7) is 0. The zero-order valence-electron chi connectivity index (χ0n) is 30.2. The van der Waals surface area contributed by atoms with E-state index in [4.69, 9.17) is 0 Å². The van der Waals surface area contributed by atoms with E-state index < -0.39 is 0 Å². The van der Waals surface area contributed by atoms with Crippen LogP contribution in [0.2, 0.25) is 0 Å². The highest BCUT2D eigenvalue weighted by molar-refractivity contribution is 6.10. The van der Waals surface area contributed by atoms with E-state index >= 15 is 0 Å². The third kappa shape index (κ3) is 6.67. The second-order valence-corrected chi connectivity index (χ2v) is 14.0. The molecule has 0 atom stereocenters. The topological polar surface area (TPSA) is 0 Å². The lowest BCUT2D eigenvalue weighted by atomic mass is 9.80. The Morgan fingerprint density at radius 1 is 0.370 bits per heavy atom. The monoisotopic (exact) mass is 688 g/mol. The van der Waals surface area contributed by atoms with Gasteiger partial charge in [0.15, 0.2) is 0 Å². The van der Waals surface area contributed by atoms with E-state index in [2.05, 4.69) is 218 Å². The van der Waals surface area contributed by atoms with Gasteiger partial charge in [-0.1, -0.05) is 206 Å². The molecule has 0 aromatic heterocycles. The molecule has 0 heterocycles. The van der Waals surface area contributed by atoms with Crippen LogP contribution in [0.15, 0.2) is 200 Å². The summed E-state index contributed by atoms with van der Waals surface area (Å²) in [7, 11) is 0. The second kappa shape index (κ2) is 15.1. The molecule has 54 heavy (non-hydrogen) atoms. The first-order valence-corrected chi connectivity index (χ1v) is 18.9. The van der Waals surface area contributed by atoms with Crippen LogP contribution in [0.4, 0.5) is 0 Å². The average molecular weight is 689 g/mol. The van der Waals surface area contributed by atoms with Crippen molar-refractivity contribution in [2.75, 3.05) is 0 Å². The molecule has 9 rings (SSSR count). The molecule has 0 bridgehead atoms. The molecular weight excluding hydrogens is 649 g/mol. The molecule has 0 saturated carbocycles. The van der Waals surface area contributed by atoms with Gasteiger partial charge in [-0.2, -0.15) is 0 Å². The predicted octanol–water partition coefficient (Wildman–Crippen LogP) is 14.3. The molecule has 0 radical (unpaired) electrons. The first kappa shape index (κ1) is 33.1. The van der Waals surface area contributed by atoms with Gasteiger partial charge < -0.3 is 0 Å². The van der Waals surface area contributed by atoms with Crippen molar-refractivity contribution in [1.82, 2.24) is 0 Å². The number of benzene rings is 8. The van der Waals surface area contributed by atoms with Crippen LogP contribution in [0.1, 0.15) is 50.9 Å². The molecule has 0 saturated heterocycles. The molecule has 0 aliphatic heterocycles. The third-order valence-corrected chi connectivity index (χ3v) is 10.6. The molecule has 1 aliphatic carbocycles. The van der Waals surface area contributed by atoms with Crippen molar-refractivity contribution in [2.45, 2.75) is 12.8 Å². The molecule has 0 fully saturated rings. The Labute approximate surface area is 318 Å². The van der Waals surface area contributed by atoms with Crippen LogP contribution in [-0.4, -0.2) is 0 Å². The van der Waals surface area contributed by atoms with E-state index in [-0.39, 0.29) is 0 Å². The van der Waals surface area contributed by atoms with E-state index in [9.17, 15) is 0 Å². The maximum Gasteiger partial charge on any atom is -0.00297 e. The van der Waals surface area contributed by atoms with Gasteiger partial charge in [0.1, 0.15) is 0 Å². The van der Waals surface area contributed by atoms with E-state index in [0.717, 1.165) is 12.8 Å². The molecule has 8 aromatic rings. The van der Waals surface area contributed by atoms with Crippen molar-refractivity contribution in [3.63, 3.8) is 0 Å². The van der Waals surface area contributed by atoms with Crippen molar-refractivity contribution in [2.24, 2.45) is 0 Å². The molecule has 0 spiro atoms. The van der Waals surface area contributed by atoms with E-state index in [1.807, 2.05) is 0 Å². The lowest BCUT2D eigenvalue weighted by molar-refractivity contribution is 0.991. The summed E-state index contributed by atoms with van der Waals surface area (Å²) in [6, 6.07) is 70.1. The van der Waals surface area contributed by atoms with Gasteiger partial charge in [-0.15, -0.1) is 0 Å². The van der Waals surface area contributed by atoms with Gasteiger partial charge >= 0.3 is 0 Å². The molecule has 1 aliphatic rings. The zero-order valence-corrected chi connectivity index (χ0v) is 30.2. The summed E-state index contributed by atoms with van der Waals surface area (Å²) in [5.74, 6) is 0. The Hall–Kier alpha value is -6.76. The van der Waals surface area contributed by atoms with Crippen LogP contribution in [0.3, 0.4) is 0 Å². The first-order valence-electron chi connectivity index (χ1n) is 18.9. The summed E-state index contributed by atoms with van der Waals surface area (Å²) in [5.41, 5.74) is 17.6. The minimum Gasteiger partial charge on any atom is -0.0836 e. The quantitative estimate of drug-likeness (QED) is 0.139. The third-order valence-electron chi connectivity index (χ3n) is 10.6. The summed E-state index contributed by atoms with van der Waals surface area (Å²) in [5, 5.41) is 2.59. The van der Waals surface area contributed by atoms with Gasteiger partial charge in [0.05, 0.1) is 0 Å². The van der Waals surface area contributed by atoms with Crippen LogP contribution in [-0.2, 0) is 6.42 Å². The number of rotatable bonds is 8. The minimum absolute atomic E-state index is 1.02. The van der Waals surface area contributed by atoms with Gasteiger partial charge in [0.2, 0.25) is 0 Å². The fourth-order valence-corrected chi connectivity index (χ4v) is 7.99. The lowest BCUT2D eigenvalue weighted by Gasteiger charge is -2.24. The van der Waals surface area contributed by atoms with Gasteiger partial charge in [-0.3, -0.25) is 0 Å². The normalized spacial score (nSPS) is 11.9. The van der Waals surface area contributed by atoms with Gasteiger partial charge in [0, 0.05) is 0 Å². The summed E-state index contributed by atoms with van der Waals surface area (Å²) >= 11 is 0. The molecule has 8 aromatic carbocycles. The number of hydrogen-bond acceptors (Lipinski definition) is 0. The van der Waals surface area contributed by atoms with Crippen molar-refractivity contribution >= 4 is 40.1 Å². The largest absolute Gasteiger partial charge is 0.0836 e. The van der Waals surface area contributed by atoms with Gasteiger partial charge in [0.25, 0.3) is 0 Å². The zero-order chi connectivity index (χ0) is 36.1. The Kier molecular flexibility index (Phi) is 9.24. The lowest BCUT2D eigenvalue weighted by Crippen LogP contribution is -2.02. The molecule has 0 N–H and O–H groups in total. The van der Waals surface area contributed by atoms with Crippen LogP contribution >= 0.6 is 0 Å². The minimum atomic E-state index is 1.02. The van der Waals surface area contributed by atoms with E-state index in [1.54, 1.807) is 0 Å². The Morgan fingerprint density at radius 3 is 1.17 bits per heavy atom. The number of hydrogen-bond donors (Lipinski definition) is 0. The maximum absolute atomic E-state index is 2.37. The average Bonchev–Trinajstić information content (AvgIpc) is 3.25. The number of allylic oxidation sites excluding steroid dienone is 1. The van der Waals surface area contributed by atoms with Gasteiger partial charge in [-0.25, -0.2) is 0 Å². The second-order valence-electron chi connectivity index (χ2n) is 14.0. The standard InChI is InChI=1S/C54H40/c1-5-17-41(18-6-1)51(42-19-7-2-8-20-42)37-39-29-33-45(34-30-39)53-47-25-13-15-27-49(47)54(50-28-16-14-26-48(50)53)46-35-31-40(32-36-46)38-52(43-21-9-3-10-22-43)44-23-11-4-12-24-44/h1-15,17-27,29-38H,16,28H2.